The average molecular weight is 152 g/mol. The Balaban J connectivity index is 0. The highest BCUT2D eigenvalue weighted by Gasteiger charge is 2.05. The van der Waals surface area contributed by atoms with E-state index in [1.807, 2.05) is 0 Å². The molecule has 0 nitrogen and oxygen atoms in total. The Morgan fingerprint density at radius 3 is 0.875 bits per heavy atom. The van der Waals surface area contributed by atoms with Crippen molar-refractivity contribution in [3.8, 4) is 0 Å². The topological polar surface area (TPSA) is 0 Å². The van der Waals surface area contributed by atoms with E-state index in [1.54, 1.807) is 0 Å². The molecule has 0 aliphatic heterocycles. The molecule has 0 N–H and O–H groups in total. The van der Waals surface area contributed by atoms with Gasteiger partial charge in [-0.05, 0) is 5.79 Å². The standard InChI is InChI=1S/4CH3.2Al.2FH/h4*1H3;;;2*1H/q;;;;;+2;;/p-2. The van der Waals surface area contributed by atoms with Gasteiger partial charge in [-0.1, -0.05) is 0 Å². The highest BCUT2D eigenvalue weighted by atomic mass is 27.3. The van der Waals surface area contributed by atoms with Gasteiger partial charge in [0.05, 0.1) is 0 Å². The summed E-state index contributed by atoms with van der Waals surface area (Å²) in [5.74, 6) is 7.89. The van der Waals surface area contributed by atoms with Crippen LogP contribution in [0.15, 0.2) is 0 Å². The van der Waals surface area contributed by atoms with Crippen molar-refractivity contribution < 1.29 is 7.05 Å². The van der Waals surface area contributed by atoms with Gasteiger partial charge in [0.2, 0.25) is 0 Å². The molecule has 0 heterocycles. The van der Waals surface area contributed by atoms with Gasteiger partial charge in [-0.15, -0.1) is 17.4 Å². The first kappa shape index (κ1) is 11.7. The molecule has 8 heavy (non-hydrogen) atoms. The summed E-state index contributed by atoms with van der Waals surface area (Å²) in [4.78, 5) is 0. The minimum absolute atomic E-state index is 0.139. The zero-order valence-corrected chi connectivity index (χ0v) is 8.22. The monoisotopic (exact) mass is 152 g/mol. The van der Waals surface area contributed by atoms with Crippen molar-refractivity contribution in [1.82, 2.24) is 0 Å². The van der Waals surface area contributed by atoms with Gasteiger partial charge in [-0.2, -0.15) is 0 Å². The van der Waals surface area contributed by atoms with Gasteiger partial charge in [-0.25, -0.2) is 0 Å². The van der Waals surface area contributed by atoms with Crippen LogP contribution in [0.3, 0.4) is 0 Å². The van der Waals surface area contributed by atoms with E-state index in [0.29, 0.717) is 0 Å². The summed E-state index contributed by atoms with van der Waals surface area (Å²) in [5, 5.41) is 0. The summed E-state index contributed by atoms with van der Waals surface area (Å²) in [7, 11) is 0. The molecule has 0 atom stereocenters. The second-order valence-corrected chi connectivity index (χ2v) is 6.75. The Morgan fingerprint density at radius 2 is 0.875 bits per heavy atom. The number of hydrogen-bond acceptors (Lipinski definition) is 0. The Hall–Kier alpha value is 0.925. The van der Waals surface area contributed by atoms with Crippen LogP contribution in [0.5, 0.6) is 0 Å². The zero-order valence-electron chi connectivity index (χ0n) is 5.91. The van der Waals surface area contributed by atoms with E-state index < -0.39 is 15.1 Å². The van der Waals surface area contributed by atoms with Crippen molar-refractivity contribution in [3.63, 3.8) is 0 Å². The molecule has 0 fully saturated rings. The summed E-state index contributed by atoms with van der Waals surface area (Å²) in [5.41, 5.74) is 0. The molecule has 0 rings (SSSR count). The predicted molar refractivity (Wildman–Crippen MR) is 37.2 cm³/mol. The van der Waals surface area contributed by atoms with Crippen LogP contribution in [0.25, 0.3) is 0 Å². The third-order valence-electron chi connectivity index (χ3n) is 0. The zero-order chi connectivity index (χ0) is 7.15. The molecule has 0 aromatic heterocycles. The molecule has 0 saturated carbocycles. The summed E-state index contributed by atoms with van der Waals surface area (Å²) >= 11 is -3.28. The molecule has 0 aromatic carbocycles. The second-order valence-electron chi connectivity index (χ2n) is 2.25. The Labute approximate surface area is 59.6 Å². The summed E-state index contributed by atoms with van der Waals surface area (Å²) in [6, 6.07) is 0. The fourth-order valence-corrected chi connectivity index (χ4v) is 0. The van der Waals surface area contributed by atoms with E-state index >= 15 is 0 Å². The van der Waals surface area contributed by atoms with Crippen LogP contribution in [0.4, 0.5) is 7.05 Å². The predicted octanol–water partition coefficient (Wildman–Crippen LogP) is 2.41. The molecule has 0 radical (unpaired) electrons. The van der Waals surface area contributed by atoms with E-state index in [2.05, 4.69) is 17.4 Å². The van der Waals surface area contributed by atoms with Crippen molar-refractivity contribution in [2.24, 2.45) is 0 Å². The van der Waals surface area contributed by atoms with Crippen LogP contribution in [-0.4, -0.2) is 29.2 Å². The minimum atomic E-state index is -3.14. The third-order valence-corrected chi connectivity index (χ3v) is 0. The molecule has 0 aromatic rings. The van der Waals surface area contributed by atoms with Crippen molar-refractivity contribution >= 4 is 29.2 Å². The van der Waals surface area contributed by atoms with Gasteiger partial charge in [-0.3, -0.25) is 0 Å². The number of rotatable bonds is 0. The normalized spacial score (nSPS) is 6.75. The van der Waals surface area contributed by atoms with E-state index in [-0.39, 0.29) is 14.1 Å². The highest BCUT2D eigenvalue weighted by Crippen LogP contribution is 1.76. The van der Waals surface area contributed by atoms with Gasteiger partial charge in [0.1, 0.15) is 0 Å². The summed E-state index contributed by atoms with van der Waals surface area (Å²) in [6.07, 6.45) is 0. The lowest BCUT2D eigenvalue weighted by Crippen LogP contribution is -1.84. The summed E-state index contributed by atoms with van der Waals surface area (Å²) < 4.78 is 20.9. The lowest BCUT2D eigenvalue weighted by Gasteiger charge is -1.67. The Bertz CT molecular complexity index is 27.5. The molecule has 0 unspecified atom stereocenters. The summed E-state index contributed by atoms with van der Waals surface area (Å²) in [6.45, 7) is 0. The van der Waals surface area contributed by atoms with E-state index in [0.717, 1.165) is 5.79 Å². The van der Waals surface area contributed by atoms with Crippen LogP contribution in [0, 0.1) is 0 Å². The van der Waals surface area contributed by atoms with Crippen molar-refractivity contribution in [2.75, 3.05) is 0 Å². The molecule has 0 bridgehead atoms. The molecule has 0 aliphatic carbocycles. The van der Waals surface area contributed by atoms with Gasteiger partial charge in [0.15, 0.2) is 0 Å². The smallest absolute Gasteiger partial charge is 0.374 e. The minimum Gasteiger partial charge on any atom is -0.374 e. The van der Waals surface area contributed by atoms with Crippen molar-refractivity contribution in [2.45, 2.75) is 23.1 Å². The molecule has 0 aliphatic rings. The first-order valence-corrected chi connectivity index (χ1v) is 8.24. The molecule has 0 saturated heterocycles. The van der Waals surface area contributed by atoms with Gasteiger partial charge in [0.25, 0.3) is 14.1 Å². The van der Waals surface area contributed by atoms with Crippen LogP contribution >= 0.6 is 0 Å². The molecule has 0 amide bonds. The fourth-order valence-electron chi connectivity index (χ4n) is 0. The van der Waals surface area contributed by atoms with Crippen LogP contribution < -0.4 is 0 Å². The largest absolute Gasteiger partial charge is 0.754 e. The molecular formula is C4H12Al2F2. The first-order chi connectivity index (χ1) is 3.46. The lowest BCUT2D eigenvalue weighted by molar-refractivity contribution is 0.673. The maximum Gasteiger partial charge on any atom is 0.754 e. The molecule has 4 heteroatoms. The van der Waals surface area contributed by atoms with Gasteiger partial charge in [0, 0.05) is 0 Å². The number of halogens is 2. The van der Waals surface area contributed by atoms with Crippen LogP contribution in [-0.2, 0) is 0 Å². The lowest BCUT2D eigenvalue weighted by atomic mass is 11.8. The second kappa shape index (κ2) is 7.92. The van der Waals surface area contributed by atoms with Gasteiger partial charge < -0.3 is 7.05 Å². The molecular weight excluding hydrogens is 140 g/mol. The van der Waals surface area contributed by atoms with Crippen LogP contribution in [0.1, 0.15) is 0 Å². The maximum atomic E-state index is 10.5. The maximum absolute atomic E-state index is 10.5. The SMILES string of the molecule is [CH3][Al]([CH3])[CH3].[CH3][Al]([F])[F]. The van der Waals surface area contributed by atoms with Crippen molar-refractivity contribution in [1.29, 1.82) is 0 Å². The Kier molecular flexibility index (Phi) is 11.6. The highest BCUT2D eigenvalue weighted by molar-refractivity contribution is 6.54. The first-order valence-electron chi connectivity index (χ1n) is 2.75. The van der Waals surface area contributed by atoms with E-state index in [4.69, 9.17) is 0 Å². The Morgan fingerprint density at radius 1 is 0.875 bits per heavy atom. The van der Waals surface area contributed by atoms with Crippen molar-refractivity contribution in [3.05, 3.63) is 0 Å². The van der Waals surface area contributed by atoms with Gasteiger partial charge >= 0.3 is 15.1 Å². The van der Waals surface area contributed by atoms with E-state index in [9.17, 15) is 7.05 Å². The fraction of sp³-hybridized carbons (Fsp3) is 1.00. The average Bonchev–Trinajstić information content (AvgIpc) is 1.25. The third kappa shape index (κ3) is 284. The quantitative estimate of drug-likeness (QED) is 0.467. The number of hydrogen-bond donors (Lipinski definition) is 0. The molecule has 48 valence electrons. The van der Waals surface area contributed by atoms with Crippen LogP contribution in [0.2, 0.25) is 23.1 Å². The molecule has 0 spiro atoms. The van der Waals surface area contributed by atoms with E-state index in [1.165, 1.54) is 0 Å².